The van der Waals surface area contributed by atoms with Gasteiger partial charge in [0.15, 0.2) is 5.11 Å². The van der Waals surface area contributed by atoms with E-state index in [0.717, 1.165) is 16.5 Å². The van der Waals surface area contributed by atoms with Crippen molar-refractivity contribution in [1.29, 1.82) is 0 Å². The van der Waals surface area contributed by atoms with Crippen LogP contribution >= 0.6 is 12.2 Å². The molecule has 4 nitrogen and oxygen atoms in total. The minimum atomic E-state index is -0.238. The Bertz CT molecular complexity index is 828. The summed E-state index contributed by atoms with van der Waals surface area (Å²) < 4.78 is 0. The number of nitrogens with one attached hydrogen (secondary N) is 2. The third-order valence-corrected chi connectivity index (χ3v) is 3.38. The van der Waals surface area contributed by atoms with Gasteiger partial charge < -0.3 is 5.32 Å². The number of rotatable bonds is 2. The molecule has 0 fully saturated rings. The van der Waals surface area contributed by atoms with E-state index in [1.165, 1.54) is 0 Å². The summed E-state index contributed by atoms with van der Waals surface area (Å²) in [5.74, 6) is -0.238. The monoisotopic (exact) mass is 307 g/mol. The molecule has 0 aliphatic rings. The summed E-state index contributed by atoms with van der Waals surface area (Å²) in [6, 6.07) is 17.0. The standard InChI is InChI=1S/C17H13N3OS/c21-16(20-17(22)19-13-7-4-10-18-11-13)15-9-3-6-12-5-1-2-8-14(12)15/h1-11H,(H2,19,20,21,22). The second kappa shape index (κ2) is 6.32. The van der Waals surface area contributed by atoms with E-state index < -0.39 is 0 Å². The molecule has 0 saturated carbocycles. The average molecular weight is 307 g/mol. The largest absolute Gasteiger partial charge is 0.331 e. The van der Waals surface area contributed by atoms with Gasteiger partial charge >= 0.3 is 0 Å². The lowest BCUT2D eigenvalue weighted by Crippen LogP contribution is -2.34. The van der Waals surface area contributed by atoms with Gasteiger partial charge in [-0.3, -0.25) is 15.1 Å². The van der Waals surface area contributed by atoms with Gasteiger partial charge in [-0.2, -0.15) is 0 Å². The van der Waals surface area contributed by atoms with E-state index in [9.17, 15) is 4.79 Å². The van der Waals surface area contributed by atoms with E-state index in [1.54, 1.807) is 24.5 Å². The molecule has 0 radical (unpaired) electrons. The Balaban J connectivity index is 1.77. The lowest BCUT2D eigenvalue weighted by Gasteiger charge is -2.10. The van der Waals surface area contributed by atoms with E-state index in [1.807, 2.05) is 42.5 Å². The van der Waals surface area contributed by atoms with Crippen molar-refractivity contribution in [2.45, 2.75) is 0 Å². The predicted molar refractivity (Wildman–Crippen MR) is 91.9 cm³/mol. The lowest BCUT2D eigenvalue weighted by atomic mass is 10.0. The third kappa shape index (κ3) is 3.10. The summed E-state index contributed by atoms with van der Waals surface area (Å²) in [5.41, 5.74) is 1.32. The van der Waals surface area contributed by atoms with Crippen molar-refractivity contribution in [1.82, 2.24) is 10.3 Å². The zero-order valence-corrected chi connectivity index (χ0v) is 12.4. The van der Waals surface area contributed by atoms with Crippen LogP contribution < -0.4 is 10.6 Å². The number of aromatic nitrogens is 1. The maximum atomic E-state index is 12.4. The molecule has 0 unspecified atom stereocenters. The first-order valence-electron chi connectivity index (χ1n) is 6.74. The van der Waals surface area contributed by atoms with Crippen LogP contribution in [0.3, 0.4) is 0 Å². The number of benzene rings is 2. The van der Waals surface area contributed by atoms with Crippen molar-refractivity contribution in [3.8, 4) is 0 Å². The molecule has 0 bridgehead atoms. The highest BCUT2D eigenvalue weighted by Gasteiger charge is 2.11. The average Bonchev–Trinajstić information content (AvgIpc) is 2.55. The Kier molecular flexibility index (Phi) is 4.07. The van der Waals surface area contributed by atoms with E-state index in [2.05, 4.69) is 15.6 Å². The molecule has 0 aliphatic carbocycles. The van der Waals surface area contributed by atoms with Crippen LogP contribution in [0.15, 0.2) is 67.0 Å². The molecule has 1 heterocycles. The van der Waals surface area contributed by atoms with Gasteiger partial charge in [0.2, 0.25) is 0 Å². The van der Waals surface area contributed by atoms with Crippen LogP contribution in [0.2, 0.25) is 0 Å². The Morgan fingerprint density at radius 2 is 1.82 bits per heavy atom. The highest BCUT2D eigenvalue weighted by atomic mass is 32.1. The lowest BCUT2D eigenvalue weighted by molar-refractivity contribution is 0.0979. The van der Waals surface area contributed by atoms with Crippen molar-refractivity contribution >= 4 is 39.7 Å². The van der Waals surface area contributed by atoms with Crippen LogP contribution in [0.1, 0.15) is 10.4 Å². The molecule has 22 heavy (non-hydrogen) atoms. The Labute approximate surface area is 133 Å². The summed E-state index contributed by atoms with van der Waals surface area (Å²) >= 11 is 5.16. The van der Waals surface area contributed by atoms with Crippen LogP contribution in [0.25, 0.3) is 10.8 Å². The van der Waals surface area contributed by atoms with Gasteiger partial charge in [-0.25, -0.2) is 0 Å². The molecule has 5 heteroatoms. The third-order valence-electron chi connectivity index (χ3n) is 3.18. The molecule has 2 aromatic carbocycles. The van der Waals surface area contributed by atoms with Gasteiger partial charge in [-0.05, 0) is 41.2 Å². The molecule has 0 atom stereocenters. The summed E-state index contributed by atoms with van der Waals surface area (Å²) in [5, 5.41) is 7.77. The molecule has 0 aliphatic heterocycles. The minimum absolute atomic E-state index is 0.238. The van der Waals surface area contributed by atoms with Crippen molar-refractivity contribution in [3.05, 3.63) is 72.6 Å². The predicted octanol–water partition coefficient (Wildman–Crippen LogP) is 3.36. The number of hydrogen-bond donors (Lipinski definition) is 2. The normalized spacial score (nSPS) is 10.2. The summed E-state index contributed by atoms with van der Waals surface area (Å²) in [6.07, 6.45) is 3.30. The van der Waals surface area contributed by atoms with E-state index in [4.69, 9.17) is 12.2 Å². The number of nitrogens with zero attached hydrogens (tertiary/aromatic N) is 1. The van der Waals surface area contributed by atoms with Gasteiger partial charge in [0.1, 0.15) is 0 Å². The number of pyridine rings is 1. The Hall–Kier alpha value is -2.79. The smallest absolute Gasteiger partial charge is 0.258 e. The second-order valence-electron chi connectivity index (χ2n) is 4.68. The van der Waals surface area contributed by atoms with Gasteiger partial charge in [0.05, 0.1) is 11.9 Å². The number of anilines is 1. The van der Waals surface area contributed by atoms with Crippen molar-refractivity contribution in [3.63, 3.8) is 0 Å². The highest BCUT2D eigenvalue weighted by molar-refractivity contribution is 7.80. The van der Waals surface area contributed by atoms with Crippen LogP contribution in [0.5, 0.6) is 0 Å². The van der Waals surface area contributed by atoms with Crippen LogP contribution in [-0.4, -0.2) is 16.0 Å². The van der Waals surface area contributed by atoms with Crippen molar-refractivity contribution in [2.75, 3.05) is 5.32 Å². The topological polar surface area (TPSA) is 54.0 Å². The van der Waals surface area contributed by atoms with Gasteiger partial charge in [0.25, 0.3) is 5.91 Å². The van der Waals surface area contributed by atoms with Crippen LogP contribution in [0, 0.1) is 0 Å². The van der Waals surface area contributed by atoms with Crippen molar-refractivity contribution in [2.24, 2.45) is 0 Å². The molecule has 3 aromatic rings. The number of thiocarbonyl (C=S) groups is 1. The molecule has 1 aromatic heterocycles. The van der Waals surface area contributed by atoms with Crippen molar-refractivity contribution < 1.29 is 4.79 Å². The number of carbonyl (C=O) groups is 1. The second-order valence-corrected chi connectivity index (χ2v) is 5.08. The van der Waals surface area contributed by atoms with E-state index in [0.29, 0.717) is 5.56 Å². The molecular formula is C17H13N3OS. The summed E-state index contributed by atoms with van der Waals surface area (Å²) in [4.78, 5) is 16.4. The quantitative estimate of drug-likeness (QED) is 0.713. The zero-order valence-electron chi connectivity index (χ0n) is 11.6. The van der Waals surface area contributed by atoms with Crippen LogP contribution in [-0.2, 0) is 0 Å². The number of amides is 1. The molecule has 108 valence electrons. The fourth-order valence-corrected chi connectivity index (χ4v) is 2.40. The van der Waals surface area contributed by atoms with Gasteiger partial charge in [-0.15, -0.1) is 0 Å². The van der Waals surface area contributed by atoms with E-state index >= 15 is 0 Å². The molecule has 1 amide bonds. The number of carbonyl (C=O) groups excluding carboxylic acids is 1. The fraction of sp³-hybridized carbons (Fsp3) is 0. The number of fused-ring (bicyclic) bond motifs is 1. The molecular weight excluding hydrogens is 294 g/mol. The SMILES string of the molecule is O=C(NC(=S)Nc1cccnc1)c1cccc2ccccc12. The van der Waals surface area contributed by atoms with Gasteiger partial charge in [0, 0.05) is 11.8 Å². The first-order valence-corrected chi connectivity index (χ1v) is 7.15. The molecule has 3 rings (SSSR count). The number of hydrogen-bond acceptors (Lipinski definition) is 3. The first-order chi connectivity index (χ1) is 10.7. The molecule has 2 N–H and O–H groups in total. The first kappa shape index (κ1) is 14.2. The summed E-state index contributed by atoms with van der Waals surface area (Å²) in [6.45, 7) is 0. The fourth-order valence-electron chi connectivity index (χ4n) is 2.19. The zero-order chi connectivity index (χ0) is 15.4. The Morgan fingerprint density at radius 3 is 2.64 bits per heavy atom. The highest BCUT2D eigenvalue weighted by Crippen LogP contribution is 2.18. The maximum Gasteiger partial charge on any atom is 0.258 e. The molecule has 0 saturated heterocycles. The summed E-state index contributed by atoms with van der Waals surface area (Å²) in [7, 11) is 0. The minimum Gasteiger partial charge on any atom is -0.331 e. The van der Waals surface area contributed by atoms with Gasteiger partial charge in [-0.1, -0.05) is 36.4 Å². The van der Waals surface area contributed by atoms with E-state index in [-0.39, 0.29) is 11.0 Å². The molecule has 0 spiro atoms. The maximum absolute atomic E-state index is 12.4. The Morgan fingerprint density at radius 1 is 1.00 bits per heavy atom. The van der Waals surface area contributed by atoms with Crippen LogP contribution in [0.4, 0.5) is 5.69 Å².